The molecule has 1 aliphatic heterocycles. The van der Waals surface area contributed by atoms with Crippen molar-refractivity contribution in [3.05, 3.63) is 11.4 Å². The van der Waals surface area contributed by atoms with Gasteiger partial charge in [-0.2, -0.15) is 4.98 Å². The third kappa shape index (κ3) is 3.05. The van der Waals surface area contributed by atoms with Gasteiger partial charge in [0.2, 0.25) is 5.95 Å². The summed E-state index contributed by atoms with van der Waals surface area (Å²) in [4.78, 5) is 6.40. The van der Waals surface area contributed by atoms with Gasteiger partial charge in [0.15, 0.2) is 5.82 Å². The topological polar surface area (TPSA) is 34.0 Å². The quantitative estimate of drug-likeness (QED) is 0.830. The molecular formula is C12H18F2N4. The lowest BCUT2D eigenvalue weighted by Crippen LogP contribution is -2.19. The van der Waals surface area contributed by atoms with Crippen LogP contribution >= 0.6 is 0 Å². The summed E-state index contributed by atoms with van der Waals surface area (Å²) in [5.74, 6) is 1.08. The molecule has 1 aromatic heterocycles. The van der Waals surface area contributed by atoms with Gasteiger partial charge in [-0.3, -0.25) is 0 Å². The van der Waals surface area contributed by atoms with Gasteiger partial charge in [-0.15, -0.1) is 5.10 Å². The molecule has 0 radical (unpaired) electrons. The van der Waals surface area contributed by atoms with Gasteiger partial charge in [0.1, 0.15) is 6.54 Å². The molecular weight excluding hydrogens is 238 g/mol. The number of nitrogens with zero attached hydrogens (tertiary/aromatic N) is 4. The minimum atomic E-state index is -2.41. The molecule has 1 aromatic rings. The molecule has 0 atom stereocenters. The Morgan fingerprint density at radius 1 is 1.33 bits per heavy atom. The van der Waals surface area contributed by atoms with Crippen molar-refractivity contribution in [3.8, 4) is 0 Å². The van der Waals surface area contributed by atoms with E-state index in [0.29, 0.717) is 11.8 Å². The summed E-state index contributed by atoms with van der Waals surface area (Å²) in [5, 5.41) is 4.19. The Balaban J connectivity index is 2.27. The fourth-order valence-corrected chi connectivity index (χ4v) is 2.02. The maximum absolute atomic E-state index is 12.5. The number of aromatic nitrogens is 3. The van der Waals surface area contributed by atoms with Gasteiger partial charge in [0.05, 0.1) is 0 Å². The fourth-order valence-electron chi connectivity index (χ4n) is 2.02. The van der Waals surface area contributed by atoms with E-state index < -0.39 is 13.0 Å². The van der Waals surface area contributed by atoms with E-state index in [9.17, 15) is 8.78 Å². The van der Waals surface area contributed by atoms with Gasteiger partial charge in [-0.1, -0.05) is 5.57 Å². The van der Waals surface area contributed by atoms with Crippen LogP contribution in [0.1, 0.15) is 32.5 Å². The third-order valence-electron chi connectivity index (χ3n) is 2.81. The maximum atomic E-state index is 12.5. The first kappa shape index (κ1) is 13.0. The second-order valence-corrected chi connectivity index (χ2v) is 4.76. The van der Waals surface area contributed by atoms with Crippen LogP contribution in [-0.2, 0) is 6.54 Å². The molecule has 2 rings (SSSR count). The monoisotopic (exact) mass is 256 g/mol. The highest BCUT2D eigenvalue weighted by Crippen LogP contribution is 2.18. The molecule has 4 nitrogen and oxygen atoms in total. The van der Waals surface area contributed by atoms with E-state index in [-0.39, 0.29) is 0 Å². The summed E-state index contributed by atoms with van der Waals surface area (Å²) in [6.45, 7) is 5.24. The Kier molecular flexibility index (Phi) is 3.93. The van der Waals surface area contributed by atoms with E-state index >= 15 is 0 Å². The SMILES string of the molecule is CC(C)=Cc1nc(N2CCCC2)nn1CC(F)F. The molecule has 1 saturated heterocycles. The first-order valence-corrected chi connectivity index (χ1v) is 6.19. The number of allylic oxidation sites excluding steroid dienone is 1. The molecule has 1 aliphatic rings. The first-order chi connectivity index (χ1) is 8.56. The number of hydrogen-bond acceptors (Lipinski definition) is 3. The molecule has 6 heteroatoms. The molecule has 0 N–H and O–H groups in total. The van der Waals surface area contributed by atoms with Crippen molar-refractivity contribution < 1.29 is 8.78 Å². The average molecular weight is 256 g/mol. The number of halogens is 2. The summed E-state index contributed by atoms with van der Waals surface area (Å²) in [5.41, 5.74) is 1.02. The Morgan fingerprint density at radius 3 is 2.56 bits per heavy atom. The van der Waals surface area contributed by atoms with Crippen LogP contribution in [0.15, 0.2) is 5.57 Å². The highest BCUT2D eigenvalue weighted by molar-refractivity contribution is 5.47. The molecule has 0 saturated carbocycles. The molecule has 0 bridgehead atoms. The van der Waals surface area contributed by atoms with Gasteiger partial charge in [0, 0.05) is 13.1 Å². The van der Waals surface area contributed by atoms with Gasteiger partial charge in [0.25, 0.3) is 6.43 Å². The molecule has 0 unspecified atom stereocenters. The lowest BCUT2D eigenvalue weighted by Gasteiger charge is -2.10. The number of alkyl halides is 2. The highest BCUT2D eigenvalue weighted by atomic mass is 19.3. The zero-order valence-corrected chi connectivity index (χ0v) is 10.7. The van der Waals surface area contributed by atoms with Crippen molar-refractivity contribution in [1.82, 2.24) is 14.8 Å². The second kappa shape index (κ2) is 5.46. The Labute approximate surface area is 105 Å². The van der Waals surface area contributed by atoms with Gasteiger partial charge in [-0.25, -0.2) is 13.5 Å². The van der Waals surface area contributed by atoms with E-state index in [1.807, 2.05) is 18.7 Å². The van der Waals surface area contributed by atoms with Crippen LogP contribution in [0.5, 0.6) is 0 Å². The minimum absolute atomic E-state index is 0.403. The number of hydrogen-bond donors (Lipinski definition) is 0. The van der Waals surface area contributed by atoms with Crippen molar-refractivity contribution in [2.24, 2.45) is 0 Å². The van der Waals surface area contributed by atoms with Crippen LogP contribution in [0.4, 0.5) is 14.7 Å². The summed E-state index contributed by atoms with van der Waals surface area (Å²) >= 11 is 0. The van der Waals surface area contributed by atoms with E-state index in [4.69, 9.17) is 0 Å². The standard InChI is InChI=1S/C12H18F2N4/c1-9(2)7-11-15-12(17-5-3-4-6-17)16-18(11)8-10(13)14/h7,10H,3-6,8H2,1-2H3. The lowest BCUT2D eigenvalue weighted by molar-refractivity contribution is 0.121. The Morgan fingerprint density at radius 2 is 2.00 bits per heavy atom. The molecule has 18 heavy (non-hydrogen) atoms. The zero-order valence-electron chi connectivity index (χ0n) is 10.7. The van der Waals surface area contributed by atoms with Crippen molar-refractivity contribution in [3.63, 3.8) is 0 Å². The van der Waals surface area contributed by atoms with Gasteiger partial charge < -0.3 is 4.90 Å². The molecule has 0 aromatic carbocycles. The maximum Gasteiger partial charge on any atom is 0.258 e. The van der Waals surface area contributed by atoms with E-state index in [1.54, 1.807) is 6.08 Å². The van der Waals surface area contributed by atoms with Crippen LogP contribution in [-0.4, -0.2) is 34.3 Å². The van der Waals surface area contributed by atoms with Crippen LogP contribution in [0.3, 0.4) is 0 Å². The first-order valence-electron chi connectivity index (χ1n) is 6.19. The second-order valence-electron chi connectivity index (χ2n) is 4.76. The van der Waals surface area contributed by atoms with E-state index in [0.717, 1.165) is 31.5 Å². The molecule has 0 aliphatic carbocycles. The number of anilines is 1. The highest BCUT2D eigenvalue weighted by Gasteiger charge is 2.19. The largest absolute Gasteiger partial charge is 0.340 e. The van der Waals surface area contributed by atoms with Crippen LogP contribution in [0.25, 0.3) is 6.08 Å². The minimum Gasteiger partial charge on any atom is -0.340 e. The molecule has 0 spiro atoms. The lowest BCUT2D eigenvalue weighted by atomic mass is 10.3. The summed E-state index contributed by atoms with van der Waals surface area (Å²) < 4.78 is 26.3. The molecule has 1 fully saturated rings. The van der Waals surface area contributed by atoms with Crippen molar-refractivity contribution in [2.75, 3.05) is 18.0 Å². The van der Waals surface area contributed by atoms with E-state index in [2.05, 4.69) is 10.1 Å². The van der Waals surface area contributed by atoms with Crippen LogP contribution in [0, 0.1) is 0 Å². The van der Waals surface area contributed by atoms with Gasteiger partial charge >= 0.3 is 0 Å². The van der Waals surface area contributed by atoms with Crippen LogP contribution in [0.2, 0.25) is 0 Å². The van der Waals surface area contributed by atoms with Crippen LogP contribution < -0.4 is 4.90 Å². The summed E-state index contributed by atoms with van der Waals surface area (Å²) in [6, 6.07) is 0. The van der Waals surface area contributed by atoms with E-state index in [1.165, 1.54) is 4.68 Å². The van der Waals surface area contributed by atoms with Crippen molar-refractivity contribution in [2.45, 2.75) is 39.7 Å². The Hall–Kier alpha value is -1.46. The average Bonchev–Trinajstić information content (AvgIpc) is 2.86. The zero-order chi connectivity index (χ0) is 13.1. The van der Waals surface area contributed by atoms with Crippen molar-refractivity contribution in [1.29, 1.82) is 0 Å². The molecule has 0 amide bonds. The third-order valence-corrected chi connectivity index (χ3v) is 2.81. The molecule has 100 valence electrons. The smallest absolute Gasteiger partial charge is 0.258 e. The predicted octanol–water partition coefficient (Wildman–Crippen LogP) is 2.57. The van der Waals surface area contributed by atoms with Crippen molar-refractivity contribution >= 4 is 12.0 Å². The van der Waals surface area contributed by atoms with Gasteiger partial charge in [-0.05, 0) is 32.8 Å². The predicted molar refractivity (Wildman–Crippen MR) is 66.8 cm³/mol. The Bertz CT molecular complexity index is 429. The summed E-state index contributed by atoms with van der Waals surface area (Å²) in [6.07, 6.45) is 1.60. The normalized spacial score (nSPS) is 15.5. The molecule has 2 heterocycles. The summed E-state index contributed by atoms with van der Waals surface area (Å²) in [7, 11) is 0. The fraction of sp³-hybridized carbons (Fsp3) is 0.667. The number of rotatable bonds is 4.